The molecule has 0 atom stereocenters. The zero-order chi connectivity index (χ0) is 16.4. The molecule has 0 saturated carbocycles. The van der Waals surface area contributed by atoms with Crippen LogP contribution in [0.1, 0.15) is 40.2 Å². The lowest BCUT2D eigenvalue weighted by Crippen LogP contribution is -2.41. The van der Waals surface area contributed by atoms with Crippen molar-refractivity contribution < 1.29 is 14.5 Å². The minimum atomic E-state index is -0.625. The Morgan fingerprint density at radius 3 is 2.38 bits per heavy atom. The van der Waals surface area contributed by atoms with Crippen molar-refractivity contribution in [3.63, 3.8) is 0 Å². The van der Waals surface area contributed by atoms with Crippen molar-refractivity contribution >= 4 is 17.6 Å². The number of aryl methyl sites for hydroxylation is 1. The molecule has 21 heavy (non-hydrogen) atoms. The van der Waals surface area contributed by atoms with Crippen molar-refractivity contribution in [2.75, 3.05) is 4.90 Å². The molecule has 1 rings (SSSR count). The number of ether oxygens (including phenoxy) is 1. The summed E-state index contributed by atoms with van der Waals surface area (Å²) in [4.78, 5) is 28.0. The number of pyridine rings is 1. The van der Waals surface area contributed by atoms with Gasteiger partial charge < -0.3 is 4.74 Å². The van der Waals surface area contributed by atoms with Crippen LogP contribution in [0.15, 0.2) is 12.3 Å². The van der Waals surface area contributed by atoms with E-state index >= 15 is 0 Å². The maximum Gasteiger partial charge on any atom is 0.416 e. The summed E-state index contributed by atoms with van der Waals surface area (Å²) in [5, 5.41) is 10.8. The van der Waals surface area contributed by atoms with Crippen LogP contribution in [0.3, 0.4) is 0 Å². The molecule has 0 aliphatic heterocycles. The van der Waals surface area contributed by atoms with Crippen LogP contribution >= 0.6 is 0 Å². The van der Waals surface area contributed by atoms with Crippen LogP contribution in [0.4, 0.5) is 16.3 Å². The predicted octanol–water partition coefficient (Wildman–Crippen LogP) is 3.45. The second-order valence-corrected chi connectivity index (χ2v) is 6.03. The van der Waals surface area contributed by atoms with Crippen molar-refractivity contribution in [1.82, 2.24) is 4.98 Å². The fraction of sp³-hybridized carbons (Fsp3) is 0.571. The lowest BCUT2D eigenvalue weighted by molar-refractivity contribution is -0.385. The molecular weight excluding hydrogens is 274 g/mol. The van der Waals surface area contributed by atoms with E-state index in [0.717, 1.165) is 6.20 Å². The van der Waals surface area contributed by atoms with Crippen molar-refractivity contribution in [1.29, 1.82) is 0 Å². The van der Waals surface area contributed by atoms with Crippen molar-refractivity contribution in [3.8, 4) is 0 Å². The summed E-state index contributed by atoms with van der Waals surface area (Å²) in [6, 6.07) is 1.33. The molecule has 116 valence electrons. The second-order valence-electron chi connectivity index (χ2n) is 6.03. The molecular formula is C14H21N3O4. The van der Waals surface area contributed by atoms with Gasteiger partial charge in [-0.3, -0.25) is 15.0 Å². The fourth-order valence-corrected chi connectivity index (χ4v) is 1.74. The third kappa shape index (κ3) is 4.40. The number of anilines is 1. The third-order valence-electron chi connectivity index (χ3n) is 2.62. The van der Waals surface area contributed by atoms with Crippen LogP contribution in [0, 0.1) is 17.0 Å². The molecule has 0 fully saturated rings. The molecule has 0 aliphatic carbocycles. The van der Waals surface area contributed by atoms with Gasteiger partial charge >= 0.3 is 6.09 Å². The first-order valence-corrected chi connectivity index (χ1v) is 6.66. The Bertz CT molecular complexity index is 550. The Kier molecular flexibility index (Phi) is 4.88. The first-order chi connectivity index (χ1) is 9.53. The molecule has 0 aliphatic rings. The Morgan fingerprint density at radius 2 is 2.00 bits per heavy atom. The zero-order valence-corrected chi connectivity index (χ0v) is 13.2. The highest BCUT2D eigenvalue weighted by Crippen LogP contribution is 2.24. The Labute approximate surface area is 124 Å². The highest BCUT2D eigenvalue weighted by molar-refractivity contribution is 5.87. The number of nitrogens with zero attached hydrogens (tertiary/aromatic N) is 3. The summed E-state index contributed by atoms with van der Waals surface area (Å²) in [5.41, 5.74) is -0.258. The highest BCUT2D eigenvalue weighted by atomic mass is 16.6. The number of hydrogen-bond donors (Lipinski definition) is 0. The van der Waals surface area contributed by atoms with E-state index in [2.05, 4.69) is 4.98 Å². The number of carbonyl (C=O) groups is 1. The molecule has 0 radical (unpaired) electrons. The summed E-state index contributed by atoms with van der Waals surface area (Å²) in [7, 11) is 0. The van der Waals surface area contributed by atoms with Gasteiger partial charge in [0.25, 0.3) is 5.69 Å². The van der Waals surface area contributed by atoms with Gasteiger partial charge in [-0.15, -0.1) is 0 Å². The highest BCUT2D eigenvalue weighted by Gasteiger charge is 2.27. The van der Waals surface area contributed by atoms with Gasteiger partial charge in [0.2, 0.25) is 0 Å². The lowest BCUT2D eigenvalue weighted by atomic mass is 10.2. The molecule has 0 spiro atoms. The normalized spacial score (nSPS) is 11.4. The first-order valence-electron chi connectivity index (χ1n) is 6.66. The number of rotatable bonds is 3. The Balaban J connectivity index is 3.15. The molecule has 1 heterocycles. The summed E-state index contributed by atoms with van der Waals surface area (Å²) < 4.78 is 5.35. The van der Waals surface area contributed by atoms with E-state index < -0.39 is 16.6 Å². The first kappa shape index (κ1) is 16.9. The van der Waals surface area contributed by atoms with E-state index in [9.17, 15) is 14.9 Å². The van der Waals surface area contributed by atoms with E-state index in [-0.39, 0.29) is 11.7 Å². The molecule has 1 aromatic rings. The monoisotopic (exact) mass is 295 g/mol. The summed E-state index contributed by atoms with van der Waals surface area (Å²) >= 11 is 0. The van der Waals surface area contributed by atoms with E-state index in [0.29, 0.717) is 11.4 Å². The van der Waals surface area contributed by atoms with Gasteiger partial charge in [-0.2, -0.15) is 0 Å². The van der Waals surface area contributed by atoms with Crippen molar-refractivity contribution in [2.45, 2.75) is 53.2 Å². The van der Waals surface area contributed by atoms with Crippen LogP contribution in [0.25, 0.3) is 0 Å². The molecule has 0 saturated heterocycles. The van der Waals surface area contributed by atoms with Crippen LogP contribution in [0.5, 0.6) is 0 Å². The second kappa shape index (κ2) is 6.07. The number of nitro groups is 1. The standard InChI is InChI=1S/C14H21N3O4/c1-9(2)16(13(18)21-14(4,5)6)12-7-10(3)11(8-15-12)17(19)20/h7-9H,1-6H3. The number of amides is 1. The maximum atomic E-state index is 12.3. The molecule has 0 aromatic carbocycles. The smallest absolute Gasteiger partial charge is 0.416 e. The molecule has 1 amide bonds. The maximum absolute atomic E-state index is 12.3. The molecule has 0 unspecified atom stereocenters. The average Bonchev–Trinajstić information content (AvgIpc) is 2.25. The minimum absolute atomic E-state index is 0.0772. The van der Waals surface area contributed by atoms with Gasteiger partial charge in [-0.05, 0) is 47.6 Å². The molecule has 7 heteroatoms. The Hall–Kier alpha value is -2.18. The van der Waals surface area contributed by atoms with Crippen LogP contribution in [-0.2, 0) is 4.74 Å². The lowest BCUT2D eigenvalue weighted by Gasteiger charge is -2.29. The largest absolute Gasteiger partial charge is 0.443 e. The fourth-order valence-electron chi connectivity index (χ4n) is 1.74. The van der Waals surface area contributed by atoms with Gasteiger partial charge in [0.1, 0.15) is 17.6 Å². The molecule has 0 bridgehead atoms. The quantitative estimate of drug-likeness (QED) is 0.629. The summed E-state index contributed by atoms with van der Waals surface area (Å²) in [6.45, 7) is 10.6. The third-order valence-corrected chi connectivity index (χ3v) is 2.62. The number of aromatic nitrogens is 1. The van der Waals surface area contributed by atoms with Crippen LogP contribution in [0.2, 0.25) is 0 Å². The summed E-state index contributed by atoms with van der Waals surface area (Å²) in [6.07, 6.45) is 0.628. The van der Waals surface area contributed by atoms with Gasteiger partial charge in [0.05, 0.1) is 4.92 Å². The van der Waals surface area contributed by atoms with Gasteiger partial charge in [0, 0.05) is 11.6 Å². The van der Waals surface area contributed by atoms with Crippen molar-refractivity contribution in [2.24, 2.45) is 0 Å². The number of carbonyl (C=O) groups excluding carboxylic acids is 1. The Morgan fingerprint density at radius 1 is 1.43 bits per heavy atom. The van der Waals surface area contributed by atoms with Crippen LogP contribution < -0.4 is 4.90 Å². The molecule has 0 N–H and O–H groups in total. The van der Waals surface area contributed by atoms with Gasteiger partial charge in [-0.1, -0.05) is 0 Å². The van der Waals surface area contributed by atoms with Crippen molar-refractivity contribution in [3.05, 3.63) is 27.9 Å². The van der Waals surface area contributed by atoms with Crippen LogP contribution in [-0.4, -0.2) is 27.6 Å². The number of hydrogen-bond acceptors (Lipinski definition) is 5. The SMILES string of the molecule is Cc1cc(N(C(=O)OC(C)(C)C)C(C)C)ncc1[N+](=O)[O-]. The van der Waals surface area contributed by atoms with E-state index in [1.54, 1.807) is 27.7 Å². The van der Waals surface area contributed by atoms with E-state index in [4.69, 9.17) is 4.74 Å². The molecule has 1 aromatic heterocycles. The van der Waals surface area contributed by atoms with Gasteiger partial charge in [0.15, 0.2) is 0 Å². The topological polar surface area (TPSA) is 85.6 Å². The summed E-state index contributed by atoms with van der Waals surface area (Å²) in [5.74, 6) is 0.336. The average molecular weight is 295 g/mol. The minimum Gasteiger partial charge on any atom is -0.443 e. The predicted molar refractivity (Wildman–Crippen MR) is 79.5 cm³/mol. The van der Waals surface area contributed by atoms with Gasteiger partial charge in [-0.25, -0.2) is 9.78 Å². The van der Waals surface area contributed by atoms with E-state index in [1.165, 1.54) is 11.0 Å². The molecule has 7 nitrogen and oxygen atoms in total. The van der Waals surface area contributed by atoms with E-state index in [1.807, 2.05) is 13.8 Å². The zero-order valence-electron chi connectivity index (χ0n) is 13.2.